The van der Waals surface area contributed by atoms with E-state index in [0.717, 1.165) is 10.1 Å². The van der Waals surface area contributed by atoms with Gasteiger partial charge in [0.15, 0.2) is 11.2 Å². The lowest BCUT2D eigenvalue weighted by molar-refractivity contribution is 0.626. The molecule has 4 aromatic rings. The molecule has 4 rings (SSSR count). The summed E-state index contributed by atoms with van der Waals surface area (Å²) in [7, 11) is 2.91. The number of aryl methyl sites for hydroxylation is 1. The molecule has 0 aliphatic rings. The molecule has 0 saturated heterocycles. The Morgan fingerprint density at radius 3 is 2.50 bits per heavy atom. The number of imidazole rings is 1. The summed E-state index contributed by atoms with van der Waals surface area (Å²) in [5.41, 5.74) is 2.89. The van der Waals surface area contributed by atoms with E-state index >= 15 is 0 Å². The average Bonchev–Trinajstić information content (AvgIpc) is 3.12. The highest BCUT2D eigenvalue weighted by molar-refractivity contribution is 6.33. The molecule has 0 unspecified atom stereocenters. The highest BCUT2D eigenvalue weighted by atomic mass is 35.5. The number of nitrogens with zero attached hydrogens (tertiary/aromatic N) is 5. The first kappa shape index (κ1) is 21.8. The molecule has 1 N–H and O–H groups in total. The quantitative estimate of drug-likeness (QED) is 0.354. The molecule has 0 amide bonds. The zero-order valence-electron chi connectivity index (χ0n) is 17.0. The lowest BCUT2D eigenvalue weighted by atomic mass is 10.2. The molecule has 2 heterocycles. The topological polar surface area (TPSA) is 86.2 Å². The Labute approximate surface area is 191 Å². The fraction of sp³-hybridized carbons (Fsp3) is 0.143. The molecule has 11 heteroatoms. The van der Waals surface area contributed by atoms with Gasteiger partial charge in [0, 0.05) is 24.7 Å². The predicted molar refractivity (Wildman–Crippen MR) is 123 cm³/mol. The maximum absolute atomic E-state index is 14.0. The Morgan fingerprint density at radius 1 is 1.06 bits per heavy atom. The van der Waals surface area contributed by atoms with Crippen molar-refractivity contribution in [2.45, 2.75) is 6.54 Å². The van der Waals surface area contributed by atoms with E-state index in [-0.39, 0.29) is 34.2 Å². The molecule has 164 valence electrons. The van der Waals surface area contributed by atoms with Crippen molar-refractivity contribution in [3.8, 4) is 0 Å². The maximum atomic E-state index is 14.0. The van der Waals surface area contributed by atoms with Gasteiger partial charge in [-0.05, 0) is 23.8 Å². The second-order valence-electron chi connectivity index (χ2n) is 7.00. The van der Waals surface area contributed by atoms with Gasteiger partial charge in [0.1, 0.15) is 5.82 Å². The van der Waals surface area contributed by atoms with Crippen molar-refractivity contribution in [1.82, 2.24) is 18.7 Å². The molecule has 0 fully saturated rings. The van der Waals surface area contributed by atoms with Crippen LogP contribution in [0, 0.1) is 5.82 Å². The van der Waals surface area contributed by atoms with Crippen LogP contribution < -0.4 is 16.7 Å². The van der Waals surface area contributed by atoms with Gasteiger partial charge in [0.2, 0.25) is 5.95 Å². The van der Waals surface area contributed by atoms with E-state index in [2.05, 4.69) is 15.5 Å². The zero-order chi connectivity index (χ0) is 23.0. The standard InChI is InChI=1S/C21H17Cl2FN6O2/c1-28-18-17(19(31)29(2)21(28)32)30(11-12-6-3-4-7-14(12)22)20(26-18)27-25-10-13-15(23)8-5-9-16(13)24/h3-10H,11H2,1-2H3,(H,26,27). The van der Waals surface area contributed by atoms with Crippen LogP contribution in [-0.2, 0) is 20.6 Å². The normalized spacial score (nSPS) is 11.5. The fourth-order valence-corrected chi connectivity index (χ4v) is 3.68. The summed E-state index contributed by atoms with van der Waals surface area (Å²) in [5, 5.41) is 4.74. The van der Waals surface area contributed by atoms with E-state index in [0.29, 0.717) is 5.02 Å². The number of hydrogen-bond donors (Lipinski definition) is 1. The van der Waals surface area contributed by atoms with Crippen molar-refractivity contribution in [2.75, 3.05) is 5.43 Å². The first-order valence-corrected chi connectivity index (χ1v) is 10.2. The molecule has 2 aromatic carbocycles. The van der Waals surface area contributed by atoms with Crippen molar-refractivity contribution >= 4 is 46.5 Å². The van der Waals surface area contributed by atoms with Crippen molar-refractivity contribution in [1.29, 1.82) is 0 Å². The molecule has 0 aliphatic heterocycles. The number of hydrogen-bond acceptors (Lipinski definition) is 5. The monoisotopic (exact) mass is 474 g/mol. The third kappa shape index (κ3) is 3.80. The van der Waals surface area contributed by atoms with E-state index in [1.165, 1.54) is 43.1 Å². The van der Waals surface area contributed by atoms with Crippen molar-refractivity contribution in [3.05, 3.63) is 90.3 Å². The number of nitrogens with one attached hydrogen (secondary N) is 1. The van der Waals surface area contributed by atoms with Crippen LogP contribution in [0.3, 0.4) is 0 Å². The summed E-state index contributed by atoms with van der Waals surface area (Å²) in [5.74, 6) is -0.370. The van der Waals surface area contributed by atoms with Gasteiger partial charge in [-0.25, -0.2) is 14.6 Å². The third-order valence-corrected chi connectivity index (χ3v) is 5.69. The van der Waals surface area contributed by atoms with Crippen LogP contribution in [0.25, 0.3) is 11.2 Å². The summed E-state index contributed by atoms with van der Waals surface area (Å²) in [4.78, 5) is 29.7. The van der Waals surface area contributed by atoms with Crippen molar-refractivity contribution in [2.24, 2.45) is 19.2 Å². The predicted octanol–water partition coefficient (Wildman–Crippen LogP) is 3.37. The van der Waals surface area contributed by atoms with Crippen LogP contribution in [0.1, 0.15) is 11.1 Å². The molecule has 0 aliphatic carbocycles. The largest absolute Gasteiger partial charge is 0.332 e. The summed E-state index contributed by atoms with van der Waals surface area (Å²) < 4.78 is 17.9. The lowest BCUT2D eigenvalue weighted by Gasteiger charge is -2.10. The second-order valence-corrected chi connectivity index (χ2v) is 7.81. The molecule has 2 aromatic heterocycles. The van der Waals surface area contributed by atoms with Crippen LogP contribution >= 0.6 is 23.2 Å². The highest BCUT2D eigenvalue weighted by Gasteiger charge is 2.20. The molecule has 0 radical (unpaired) electrons. The summed E-state index contributed by atoms with van der Waals surface area (Å²) >= 11 is 12.3. The van der Waals surface area contributed by atoms with Gasteiger partial charge >= 0.3 is 5.69 Å². The molecule has 0 atom stereocenters. The van der Waals surface area contributed by atoms with E-state index < -0.39 is 17.1 Å². The van der Waals surface area contributed by atoms with Gasteiger partial charge in [-0.1, -0.05) is 47.5 Å². The van der Waals surface area contributed by atoms with Gasteiger partial charge in [0.25, 0.3) is 5.56 Å². The Bertz CT molecular complexity index is 1470. The van der Waals surface area contributed by atoms with Crippen LogP contribution in [0.15, 0.2) is 57.2 Å². The van der Waals surface area contributed by atoms with Gasteiger partial charge < -0.3 is 0 Å². The lowest BCUT2D eigenvalue weighted by Crippen LogP contribution is -2.37. The number of benzene rings is 2. The summed E-state index contributed by atoms with van der Waals surface area (Å²) in [6.07, 6.45) is 1.22. The molecule has 0 bridgehead atoms. The minimum Gasteiger partial charge on any atom is -0.298 e. The number of aromatic nitrogens is 4. The molecular weight excluding hydrogens is 458 g/mol. The number of halogens is 3. The van der Waals surface area contributed by atoms with Crippen molar-refractivity contribution < 1.29 is 4.39 Å². The van der Waals surface area contributed by atoms with E-state index in [9.17, 15) is 14.0 Å². The van der Waals surface area contributed by atoms with Gasteiger partial charge in [0.05, 0.1) is 17.8 Å². The molecule has 32 heavy (non-hydrogen) atoms. The molecule has 0 saturated carbocycles. The van der Waals surface area contributed by atoms with E-state index in [4.69, 9.17) is 23.2 Å². The smallest absolute Gasteiger partial charge is 0.298 e. The first-order valence-electron chi connectivity index (χ1n) is 9.42. The minimum atomic E-state index is -0.538. The number of anilines is 1. The SMILES string of the molecule is Cn1c(=O)c2c(nc(NN=Cc3c(F)cccc3Cl)n2Cc2ccccc2Cl)n(C)c1=O. The molecule has 8 nitrogen and oxygen atoms in total. The third-order valence-electron chi connectivity index (χ3n) is 4.99. The molecule has 0 spiro atoms. The number of rotatable bonds is 5. The Balaban J connectivity index is 1.86. The van der Waals surface area contributed by atoms with Gasteiger partial charge in [-0.3, -0.25) is 18.5 Å². The maximum Gasteiger partial charge on any atom is 0.332 e. The zero-order valence-corrected chi connectivity index (χ0v) is 18.5. The average molecular weight is 475 g/mol. The molecular formula is C21H17Cl2FN6O2. The fourth-order valence-electron chi connectivity index (χ4n) is 3.27. The van der Waals surface area contributed by atoms with Crippen molar-refractivity contribution in [3.63, 3.8) is 0 Å². The summed E-state index contributed by atoms with van der Waals surface area (Å²) in [6.45, 7) is 0.182. The van der Waals surface area contributed by atoms with Gasteiger partial charge in [-0.15, -0.1) is 0 Å². The summed E-state index contributed by atoms with van der Waals surface area (Å²) in [6, 6.07) is 11.4. The minimum absolute atomic E-state index is 0.0961. The van der Waals surface area contributed by atoms with E-state index in [1.807, 2.05) is 12.1 Å². The van der Waals surface area contributed by atoms with Gasteiger partial charge in [-0.2, -0.15) is 10.1 Å². The first-order chi connectivity index (χ1) is 15.3. The highest BCUT2D eigenvalue weighted by Crippen LogP contribution is 2.22. The Kier molecular flexibility index (Phi) is 5.86. The number of fused-ring (bicyclic) bond motifs is 1. The Morgan fingerprint density at radius 2 is 1.78 bits per heavy atom. The Hall–Kier alpha value is -3.43. The number of hydrazone groups is 1. The van der Waals surface area contributed by atoms with Crippen LogP contribution in [0.5, 0.6) is 0 Å². The second kappa shape index (κ2) is 8.60. The van der Waals surface area contributed by atoms with Crippen LogP contribution in [0.4, 0.5) is 10.3 Å². The van der Waals surface area contributed by atoms with Crippen LogP contribution in [-0.4, -0.2) is 24.9 Å². The van der Waals surface area contributed by atoms with Crippen LogP contribution in [0.2, 0.25) is 10.0 Å². The van der Waals surface area contributed by atoms with E-state index in [1.54, 1.807) is 16.7 Å².